The van der Waals surface area contributed by atoms with Crippen molar-refractivity contribution in [3.8, 4) is 23.0 Å². The number of hydrogen-bond acceptors (Lipinski definition) is 10. The summed E-state index contributed by atoms with van der Waals surface area (Å²) in [6, 6.07) is -0.560. The third-order valence-corrected chi connectivity index (χ3v) is 9.95. The fraction of sp³-hybridized carbons (Fsp3) is 0.303. The second kappa shape index (κ2) is 15.1. The fourth-order valence-corrected chi connectivity index (χ4v) is 6.95. The molecule has 0 aliphatic carbocycles. The first kappa shape index (κ1) is 38.8. The van der Waals surface area contributed by atoms with Gasteiger partial charge in [-0.25, -0.2) is 36.8 Å². The molecule has 6 rings (SSSR count). The number of phenolic OH excluding ortho intramolecular Hbond substituents is 3. The van der Waals surface area contributed by atoms with Crippen LogP contribution in [-0.2, 0) is 11.2 Å². The number of imide groups is 1. The molecular formula is C33H29BClF4N5O11. The summed E-state index contributed by atoms with van der Waals surface area (Å²) >= 11 is 6.16. The number of amides is 6. The lowest BCUT2D eigenvalue weighted by Gasteiger charge is -2.36. The zero-order valence-electron chi connectivity index (χ0n) is 28.1. The van der Waals surface area contributed by atoms with E-state index in [1.807, 2.05) is 0 Å². The number of halogens is 5. The van der Waals surface area contributed by atoms with Crippen LogP contribution in [0.5, 0.6) is 23.0 Å². The van der Waals surface area contributed by atoms with Crippen LogP contribution in [0.25, 0.3) is 0 Å². The first-order valence-corrected chi connectivity index (χ1v) is 16.8. The highest BCUT2D eigenvalue weighted by molar-refractivity contribution is 6.47. The van der Waals surface area contributed by atoms with Crippen molar-refractivity contribution in [1.82, 2.24) is 25.3 Å². The Morgan fingerprint density at radius 1 is 0.909 bits per heavy atom. The van der Waals surface area contributed by atoms with Crippen LogP contribution in [0.1, 0.15) is 50.7 Å². The predicted octanol–water partition coefficient (Wildman–Crippen LogP) is 2.64. The van der Waals surface area contributed by atoms with Crippen molar-refractivity contribution in [2.24, 2.45) is 0 Å². The van der Waals surface area contributed by atoms with Crippen molar-refractivity contribution in [3.05, 3.63) is 80.9 Å². The summed E-state index contributed by atoms with van der Waals surface area (Å²) in [4.78, 5) is 68.5. The van der Waals surface area contributed by atoms with Crippen molar-refractivity contribution in [2.75, 3.05) is 26.2 Å². The standard InChI is InChI=1S/C33H29BClF4N5O11/c35-23-15(12-18(38)26(46)27(23)47)25(29(48)40-20-11-13-1-2-17(37)22(31(50)51)28(13)55-34(20)54)41-32(52)44-10-9-43(33(44)53)14-5-7-42(8-6-14)30(49)21-16(36)3-4-19(45)24(21)39/h1-4,12,14,20,25,45-47,54H,5-11H2,(H,40,48)(H,41,52)(H,50,51)/t20-,25-/m0/s1. The van der Waals surface area contributed by atoms with Crippen molar-refractivity contribution in [3.63, 3.8) is 0 Å². The molecule has 0 spiro atoms. The van der Waals surface area contributed by atoms with Gasteiger partial charge in [-0.15, -0.1) is 0 Å². The summed E-state index contributed by atoms with van der Waals surface area (Å²) in [5.74, 6) is -14.3. The number of benzene rings is 3. The highest BCUT2D eigenvalue weighted by Crippen LogP contribution is 2.41. The van der Waals surface area contributed by atoms with Crippen LogP contribution in [0.3, 0.4) is 0 Å². The van der Waals surface area contributed by atoms with Gasteiger partial charge >= 0.3 is 25.1 Å². The molecule has 2 saturated heterocycles. The van der Waals surface area contributed by atoms with Gasteiger partial charge in [0.1, 0.15) is 34.6 Å². The van der Waals surface area contributed by atoms with Crippen LogP contribution in [0.2, 0.25) is 5.02 Å². The summed E-state index contributed by atoms with van der Waals surface area (Å²) in [5.41, 5.74) is -2.33. The normalized spacial score (nSPS) is 17.8. The van der Waals surface area contributed by atoms with Gasteiger partial charge in [0.2, 0.25) is 5.91 Å². The van der Waals surface area contributed by atoms with Gasteiger partial charge in [-0.2, -0.15) is 0 Å². The molecule has 0 radical (unpaired) electrons. The monoisotopic (exact) mass is 793 g/mol. The molecule has 7 N–H and O–H groups in total. The number of carbonyl (C=O) groups excluding carboxylic acids is 4. The van der Waals surface area contributed by atoms with E-state index >= 15 is 0 Å². The van der Waals surface area contributed by atoms with E-state index in [0.717, 1.165) is 29.2 Å². The minimum absolute atomic E-state index is 0.0170. The van der Waals surface area contributed by atoms with Crippen molar-refractivity contribution >= 4 is 48.6 Å². The molecule has 2 atom stereocenters. The highest BCUT2D eigenvalue weighted by Gasteiger charge is 2.43. The number of phenols is 3. The minimum atomic E-state index is -2.02. The molecule has 0 saturated carbocycles. The first-order valence-electron chi connectivity index (χ1n) is 16.4. The molecule has 0 unspecified atom stereocenters. The molecule has 22 heteroatoms. The van der Waals surface area contributed by atoms with Gasteiger partial charge in [0, 0.05) is 37.8 Å². The Kier molecular flexibility index (Phi) is 10.6. The molecule has 2 fully saturated rings. The second-order valence-electron chi connectivity index (χ2n) is 12.8. The second-order valence-corrected chi connectivity index (χ2v) is 13.2. The Hall–Kier alpha value is -5.96. The smallest absolute Gasteiger partial charge is 0.534 e. The van der Waals surface area contributed by atoms with E-state index in [2.05, 4.69) is 10.6 Å². The van der Waals surface area contributed by atoms with Crippen molar-refractivity contribution < 1.29 is 71.6 Å². The lowest BCUT2D eigenvalue weighted by Crippen LogP contribution is -2.56. The number of likely N-dealkylation sites (tertiary alicyclic amines) is 1. The van der Waals surface area contributed by atoms with Crippen molar-refractivity contribution in [1.29, 1.82) is 0 Å². The SMILES string of the molecule is O=C(O)c1c(F)ccc2c1OB(O)[C@@H](NC(=O)[C@@H](NC(=O)N1CCN(C3CCN(C(=O)c4c(F)ccc(O)c4F)CC3)C1=O)c1cc(F)c(O)c(O)c1Cl)C2. The van der Waals surface area contributed by atoms with E-state index in [-0.39, 0.29) is 51.0 Å². The molecule has 6 amide bonds. The van der Waals surface area contributed by atoms with E-state index in [0.29, 0.717) is 11.0 Å². The Morgan fingerprint density at radius 2 is 1.56 bits per heavy atom. The molecule has 55 heavy (non-hydrogen) atoms. The zero-order valence-corrected chi connectivity index (χ0v) is 28.8. The lowest BCUT2D eigenvalue weighted by molar-refractivity contribution is -0.123. The third-order valence-electron chi connectivity index (χ3n) is 9.55. The summed E-state index contributed by atoms with van der Waals surface area (Å²) in [7, 11) is -1.97. The van der Waals surface area contributed by atoms with Gasteiger partial charge in [-0.3, -0.25) is 9.59 Å². The Morgan fingerprint density at radius 3 is 2.24 bits per heavy atom. The topological polar surface area (TPSA) is 230 Å². The van der Waals surface area contributed by atoms with E-state index in [1.54, 1.807) is 0 Å². The first-order chi connectivity index (χ1) is 26.0. The number of rotatable bonds is 7. The molecule has 3 aromatic carbocycles. The number of hydrogen-bond donors (Lipinski definition) is 7. The van der Waals surface area contributed by atoms with Crippen LogP contribution in [-0.4, -0.2) is 115 Å². The number of aromatic carboxylic acids is 1. The number of nitrogens with zero attached hydrogens (tertiary/aromatic N) is 3. The molecular weight excluding hydrogens is 765 g/mol. The number of aromatic hydroxyl groups is 3. The maximum absolute atomic E-state index is 14.7. The van der Waals surface area contributed by atoms with Crippen molar-refractivity contribution in [2.45, 2.75) is 37.3 Å². The van der Waals surface area contributed by atoms with Gasteiger partial charge in [-0.1, -0.05) is 17.7 Å². The fourth-order valence-electron chi connectivity index (χ4n) is 6.70. The van der Waals surface area contributed by atoms with Gasteiger partial charge in [0.25, 0.3) is 5.91 Å². The molecule has 0 aromatic heterocycles. The van der Waals surface area contributed by atoms with Gasteiger partial charge in [-0.05, 0) is 49.1 Å². The summed E-state index contributed by atoms with van der Waals surface area (Å²) < 4.78 is 62.8. The highest BCUT2D eigenvalue weighted by atomic mass is 35.5. The average molecular weight is 794 g/mol. The summed E-state index contributed by atoms with van der Waals surface area (Å²) in [6.07, 6.45) is -0.0531. The number of urea groups is 2. The van der Waals surface area contributed by atoms with Gasteiger partial charge < -0.3 is 50.5 Å². The molecule has 16 nitrogen and oxygen atoms in total. The molecule has 3 heterocycles. The molecule has 290 valence electrons. The Balaban J connectivity index is 1.17. The number of carbonyl (C=O) groups is 5. The van der Waals surface area contributed by atoms with Gasteiger partial charge in [0.15, 0.2) is 28.9 Å². The quantitative estimate of drug-likeness (QED) is 0.105. The third kappa shape index (κ3) is 7.19. The number of nitrogens with one attached hydrogen (secondary N) is 2. The van der Waals surface area contributed by atoms with Crippen LogP contribution in [0.15, 0.2) is 30.3 Å². The maximum Gasteiger partial charge on any atom is 0.547 e. The van der Waals surface area contributed by atoms with Crippen LogP contribution in [0.4, 0.5) is 27.2 Å². The van der Waals surface area contributed by atoms with Crippen LogP contribution < -0.4 is 15.3 Å². The van der Waals surface area contributed by atoms with E-state index in [4.69, 9.17) is 16.3 Å². The van der Waals surface area contributed by atoms with Crippen LogP contribution >= 0.6 is 11.6 Å². The summed E-state index contributed by atoms with van der Waals surface area (Å²) in [5, 5.41) is 53.6. The Labute approximate surface area is 312 Å². The molecule has 0 bridgehead atoms. The Bertz CT molecular complexity index is 2130. The predicted molar refractivity (Wildman–Crippen MR) is 179 cm³/mol. The number of piperidine rings is 1. The zero-order chi connectivity index (χ0) is 40.0. The number of carboxylic acids is 1. The largest absolute Gasteiger partial charge is 0.547 e. The lowest BCUT2D eigenvalue weighted by atomic mass is 9.72. The maximum atomic E-state index is 14.7. The van der Waals surface area contributed by atoms with Crippen LogP contribution in [0, 0.1) is 23.3 Å². The van der Waals surface area contributed by atoms with E-state index in [1.165, 1.54) is 4.90 Å². The molecule has 3 aliphatic heterocycles. The van der Waals surface area contributed by atoms with E-state index in [9.17, 15) is 67.0 Å². The van der Waals surface area contributed by atoms with E-state index < -0.39 is 123 Å². The molecule has 3 aliphatic rings. The molecule has 3 aromatic rings. The number of carboxylic acid groups (broad SMARTS) is 1. The summed E-state index contributed by atoms with van der Waals surface area (Å²) in [6.45, 7) is -0.330. The number of fused-ring (bicyclic) bond motifs is 1. The average Bonchev–Trinajstić information content (AvgIpc) is 3.54. The van der Waals surface area contributed by atoms with Gasteiger partial charge in [0.05, 0.1) is 11.0 Å². The minimum Gasteiger partial charge on any atom is -0.534 e.